The van der Waals surface area contributed by atoms with E-state index in [-0.39, 0.29) is 5.16 Å². The number of fused-ring (bicyclic) bond motifs is 2. The molecule has 0 spiro atoms. The van der Waals surface area contributed by atoms with Gasteiger partial charge in [0.1, 0.15) is 0 Å². The van der Waals surface area contributed by atoms with E-state index in [2.05, 4.69) is 77.7 Å². The van der Waals surface area contributed by atoms with Crippen molar-refractivity contribution in [2.75, 3.05) is 0 Å². The molecule has 20 heavy (non-hydrogen) atoms. The van der Waals surface area contributed by atoms with E-state index in [0.29, 0.717) is 0 Å². The molecule has 0 aromatic heterocycles. The minimum atomic E-state index is 0.183. The Bertz CT molecular complexity index is 754. The smallest absolute Gasteiger partial charge is 0.00984 e. The molecule has 0 N–H and O–H groups in total. The summed E-state index contributed by atoms with van der Waals surface area (Å²) in [4.78, 5) is 0. The van der Waals surface area contributed by atoms with Crippen molar-refractivity contribution in [3.05, 3.63) is 60.2 Å². The van der Waals surface area contributed by atoms with Crippen molar-refractivity contribution in [3.8, 4) is 0 Å². The molecule has 0 aliphatic carbocycles. The van der Waals surface area contributed by atoms with Gasteiger partial charge in [0.15, 0.2) is 0 Å². The lowest BCUT2D eigenvalue weighted by Crippen LogP contribution is -2.15. The molecule has 3 rings (SSSR count). The zero-order chi connectivity index (χ0) is 14.2. The summed E-state index contributed by atoms with van der Waals surface area (Å²) in [7, 11) is 3.09. The van der Waals surface area contributed by atoms with Gasteiger partial charge >= 0.3 is 0 Å². The lowest BCUT2D eigenvalue weighted by molar-refractivity contribution is 0.583. The quantitative estimate of drug-likeness (QED) is 0.415. The highest BCUT2D eigenvalue weighted by molar-refractivity contribution is 7.18. The highest BCUT2D eigenvalue weighted by atomic mass is 31.0. The summed E-state index contributed by atoms with van der Waals surface area (Å²) in [5, 5.41) is 5.56. The van der Waals surface area contributed by atoms with E-state index in [1.54, 1.807) is 0 Å². The molecule has 0 heterocycles. The first-order valence-corrected chi connectivity index (χ1v) is 7.96. The Kier molecular flexibility index (Phi) is 3.52. The van der Waals surface area contributed by atoms with Crippen LogP contribution in [0.5, 0.6) is 0 Å². The van der Waals surface area contributed by atoms with Crippen LogP contribution in [0.25, 0.3) is 21.5 Å². The van der Waals surface area contributed by atoms with Crippen LogP contribution in [0.15, 0.2) is 54.6 Å². The van der Waals surface area contributed by atoms with Crippen LogP contribution in [0.1, 0.15) is 32.3 Å². The molecule has 0 radical (unpaired) electrons. The van der Waals surface area contributed by atoms with E-state index in [1.165, 1.54) is 27.1 Å². The van der Waals surface area contributed by atoms with Crippen molar-refractivity contribution in [2.45, 2.75) is 31.8 Å². The van der Waals surface area contributed by atoms with Gasteiger partial charge in [-0.2, -0.15) is 0 Å². The van der Waals surface area contributed by atoms with Crippen LogP contribution >= 0.6 is 9.24 Å². The van der Waals surface area contributed by atoms with Gasteiger partial charge in [-0.15, -0.1) is 9.24 Å². The second-order valence-corrected chi connectivity index (χ2v) is 6.69. The fourth-order valence-electron chi connectivity index (χ4n) is 3.03. The third-order valence-corrected chi connectivity index (χ3v) is 5.67. The molecular formula is C19H21P. The maximum absolute atomic E-state index is 3.09. The Morgan fingerprint density at radius 3 is 2.05 bits per heavy atom. The maximum Gasteiger partial charge on any atom is 0.00984 e. The lowest BCUT2D eigenvalue weighted by atomic mass is 9.87. The summed E-state index contributed by atoms with van der Waals surface area (Å²) in [6, 6.07) is 20.0. The van der Waals surface area contributed by atoms with E-state index in [4.69, 9.17) is 0 Å². The summed E-state index contributed by atoms with van der Waals surface area (Å²) < 4.78 is 0. The van der Waals surface area contributed by atoms with Crippen LogP contribution in [-0.4, -0.2) is 0 Å². The predicted octanol–water partition coefficient (Wildman–Crippen LogP) is 5.88. The molecule has 0 nitrogen and oxygen atoms in total. The van der Waals surface area contributed by atoms with Crippen LogP contribution in [0.2, 0.25) is 0 Å². The van der Waals surface area contributed by atoms with Gasteiger partial charge in [-0.3, -0.25) is 0 Å². The molecule has 0 saturated heterocycles. The highest BCUT2D eigenvalue weighted by Gasteiger charge is 2.24. The molecule has 0 aliphatic rings. The molecule has 0 saturated carbocycles. The molecule has 3 aromatic rings. The summed E-state index contributed by atoms with van der Waals surface area (Å²) in [5.74, 6) is 0. The highest BCUT2D eigenvalue weighted by Crippen LogP contribution is 2.42. The van der Waals surface area contributed by atoms with Crippen molar-refractivity contribution in [1.82, 2.24) is 0 Å². The van der Waals surface area contributed by atoms with Gasteiger partial charge in [-0.25, -0.2) is 0 Å². The average Bonchev–Trinajstić information content (AvgIpc) is 2.51. The Morgan fingerprint density at radius 1 is 0.800 bits per heavy atom. The molecule has 102 valence electrons. The van der Waals surface area contributed by atoms with Crippen LogP contribution in [0, 0.1) is 0 Å². The SMILES string of the molecule is CCC(P)(CC)c1cccc2cc3ccccc3cc12. The molecule has 3 aromatic carbocycles. The number of rotatable bonds is 3. The Balaban J connectivity index is 2.36. The Morgan fingerprint density at radius 2 is 1.40 bits per heavy atom. The fourth-order valence-corrected chi connectivity index (χ4v) is 3.28. The topological polar surface area (TPSA) is 0 Å². The van der Waals surface area contributed by atoms with Gasteiger partial charge in [-0.05, 0) is 52.1 Å². The van der Waals surface area contributed by atoms with Gasteiger partial charge < -0.3 is 0 Å². The minimum Gasteiger partial charge on any atom is -0.126 e. The van der Waals surface area contributed by atoms with Crippen molar-refractivity contribution >= 4 is 30.8 Å². The first kappa shape index (κ1) is 13.6. The number of benzene rings is 3. The van der Waals surface area contributed by atoms with Crippen LogP contribution in [-0.2, 0) is 5.16 Å². The summed E-state index contributed by atoms with van der Waals surface area (Å²) in [5.41, 5.74) is 1.45. The van der Waals surface area contributed by atoms with E-state index >= 15 is 0 Å². The van der Waals surface area contributed by atoms with Gasteiger partial charge in [0.25, 0.3) is 0 Å². The van der Waals surface area contributed by atoms with Crippen LogP contribution in [0.4, 0.5) is 0 Å². The first-order valence-electron chi connectivity index (χ1n) is 7.39. The minimum absolute atomic E-state index is 0.183. The summed E-state index contributed by atoms with van der Waals surface area (Å²) in [6.45, 7) is 4.55. The Labute approximate surface area is 123 Å². The van der Waals surface area contributed by atoms with E-state index < -0.39 is 0 Å². The normalized spacial score (nSPS) is 12.2. The van der Waals surface area contributed by atoms with E-state index in [0.717, 1.165) is 12.8 Å². The lowest BCUT2D eigenvalue weighted by Gasteiger charge is -2.28. The van der Waals surface area contributed by atoms with Crippen LogP contribution < -0.4 is 0 Å². The van der Waals surface area contributed by atoms with E-state index in [9.17, 15) is 0 Å². The van der Waals surface area contributed by atoms with Crippen molar-refractivity contribution in [2.24, 2.45) is 0 Å². The zero-order valence-electron chi connectivity index (χ0n) is 12.2. The molecule has 0 amide bonds. The van der Waals surface area contributed by atoms with Gasteiger partial charge in [0.05, 0.1) is 0 Å². The number of hydrogen-bond acceptors (Lipinski definition) is 0. The van der Waals surface area contributed by atoms with Crippen molar-refractivity contribution in [1.29, 1.82) is 0 Å². The second kappa shape index (κ2) is 5.19. The van der Waals surface area contributed by atoms with Crippen LogP contribution in [0.3, 0.4) is 0 Å². The number of hydrogen-bond donors (Lipinski definition) is 0. The Hall–Kier alpha value is -1.39. The fraction of sp³-hybridized carbons (Fsp3) is 0.263. The molecule has 1 unspecified atom stereocenters. The maximum atomic E-state index is 3.09. The van der Waals surface area contributed by atoms with Gasteiger partial charge in [0.2, 0.25) is 0 Å². The molecule has 1 heteroatoms. The van der Waals surface area contributed by atoms with Gasteiger partial charge in [0, 0.05) is 5.16 Å². The third-order valence-electron chi connectivity index (χ3n) is 4.54. The molecule has 0 aliphatic heterocycles. The monoisotopic (exact) mass is 280 g/mol. The second-order valence-electron chi connectivity index (χ2n) is 5.59. The standard InChI is InChI=1S/C19H21P/c1-3-19(20,4-2)18-11-7-10-16-12-14-8-5-6-9-15(14)13-17(16)18/h5-13H,3-4,20H2,1-2H3. The summed E-state index contributed by atoms with van der Waals surface area (Å²) in [6.07, 6.45) is 2.28. The predicted molar refractivity (Wildman–Crippen MR) is 93.4 cm³/mol. The largest absolute Gasteiger partial charge is 0.126 e. The third kappa shape index (κ3) is 2.13. The molecule has 0 bridgehead atoms. The van der Waals surface area contributed by atoms with Crippen molar-refractivity contribution in [3.63, 3.8) is 0 Å². The zero-order valence-corrected chi connectivity index (χ0v) is 13.3. The van der Waals surface area contributed by atoms with E-state index in [1.807, 2.05) is 0 Å². The average molecular weight is 280 g/mol. The van der Waals surface area contributed by atoms with Gasteiger partial charge in [-0.1, -0.05) is 56.3 Å². The summed E-state index contributed by atoms with van der Waals surface area (Å²) >= 11 is 0. The first-order chi connectivity index (χ1) is 9.68. The van der Waals surface area contributed by atoms with Crippen molar-refractivity contribution < 1.29 is 0 Å². The molecular weight excluding hydrogens is 259 g/mol. The molecule has 0 fully saturated rings. The molecule has 1 atom stereocenters.